The summed E-state index contributed by atoms with van der Waals surface area (Å²) in [7, 11) is -7.22. The minimum Gasteiger partial charge on any atom is -0.346 e. The minimum atomic E-state index is -3.91. The minimum absolute atomic E-state index is 0.0172. The number of carbonyl (C=O) groups is 1. The lowest BCUT2D eigenvalue weighted by Crippen LogP contribution is -2.27. The van der Waals surface area contributed by atoms with Crippen molar-refractivity contribution in [1.29, 1.82) is 0 Å². The van der Waals surface area contributed by atoms with Crippen LogP contribution in [0.15, 0.2) is 76.5 Å². The van der Waals surface area contributed by atoms with Crippen molar-refractivity contribution in [1.82, 2.24) is 5.32 Å². The third-order valence-electron chi connectivity index (χ3n) is 5.29. The van der Waals surface area contributed by atoms with Gasteiger partial charge in [-0.05, 0) is 67.8 Å². The van der Waals surface area contributed by atoms with Crippen molar-refractivity contribution in [3.8, 4) is 0 Å². The maximum Gasteiger partial charge on any atom is 0.262 e. The maximum absolute atomic E-state index is 13.0. The highest BCUT2D eigenvalue weighted by atomic mass is 32.2. The van der Waals surface area contributed by atoms with Crippen LogP contribution < -0.4 is 10.0 Å². The molecule has 7 nitrogen and oxygen atoms in total. The van der Waals surface area contributed by atoms with Crippen LogP contribution in [-0.4, -0.2) is 29.0 Å². The molecule has 3 rings (SSSR count). The summed E-state index contributed by atoms with van der Waals surface area (Å²) < 4.78 is 51.9. The number of para-hydroxylation sites is 1. The normalized spacial score (nSPS) is 12.7. The Morgan fingerprint density at radius 3 is 2.09 bits per heavy atom. The summed E-state index contributed by atoms with van der Waals surface area (Å²) in [4.78, 5) is 13.0. The van der Waals surface area contributed by atoms with Gasteiger partial charge in [-0.2, -0.15) is 0 Å². The summed E-state index contributed by atoms with van der Waals surface area (Å²) in [5.41, 5.74) is 2.68. The van der Waals surface area contributed by atoms with Crippen molar-refractivity contribution in [2.75, 3.05) is 11.0 Å². The molecule has 0 unspecified atom stereocenters. The van der Waals surface area contributed by atoms with Gasteiger partial charge in [0.2, 0.25) is 0 Å². The first-order valence-corrected chi connectivity index (χ1v) is 13.6. The first kappa shape index (κ1) is 24.5. The summed E-state index contributed by atoms with van der Waals surface area (Å²) in [5.74, 6) is -0.443. The first-order valence-electron chi connectivity index (χ1n) is 10.2. The smallest absolute Gasteiger partial charge is 0.262 e. The molecule has 0 spiro atoms. The average molecular weight is 487 g/mol. The zero-order valence-corrected chi connectivity index (χ0v) is 20.4. The van der Waals surface area contributed by atoms with Crippen LogP contribution in [-0.2, 0) is 19.9 Å². The number of hydrogen-bond donors (Lipinski definition) is 2. The Morgan fingerprint density at radius 2 is 1.48 bits per heavy atom. The molecule has 3 aromatic carbocycles. The molecule has 0 bridgehead atoms. The Hall–Kier alpha value is -3.17. The van der Waals surface area contributed by atoms with E-state index in [1.54, 1.807) is 63.2 Å². The predicted molar refractivity (Wildman–Crippen MR) is 129 cm³/mol. The van der Waals surface area contributed by atoms with Gasteiger partial charge in [0.15, 0.2) is 9.84 Å². The number of nitrogens with one attached hydrogen (secondary N) is 2. The molecule has 33 heavy (non-hydrogen) atoms. The van der Waals surface area contributed by atoms with E-state index in [4.69, 9.17) is 0 Å². The molecule has 1 atom stereocenters. The van der Waals surface area contributed by atoms with Crippen LogP contribution >= 0.6 is 0 Å². The van der Waals surface area contributed by atoms with Crippen LogP contribution in [0.25, 0.3) is 0 Å². The number of anilines is 1. The van der Waals surface area contributed by atoms with E-state index in [2.05, 4.69) is 10.0 Å². The molecule has 0 radical (unpaired) electrons. The Kier molecular flexibility index (Phi) is 6.94. The van der Waals surface area contributed by atoms with Gasteiger partial charge in [-0.1, -0.05) is 36.4 Å². The number of sulfone groups is 1. The standard InChI is InChI=1S/C24H26N2O5S2/c1-16-7-5-6-8-22(16)26-33(30,31)23-15-20(10-9-17(23)2)24(27)25-18(3)19-11-13-21(14-12-19)32(4,28)29/h5-15,18,26H,1-4H3,(H,25,27)/t18-/m1/s1. The molecule has 3 aromatic rings. The van der Waals surface area contributed by atoms with Gasteiger partial charge in [-0.25, -0.2) is 16.8 Å². The zero-order chi connectivity index (χ0) is 24.4. The van der Waals surface area contributed by atoms with Crippen LogP contribution in [0.4, 0.5) is 5.69 Å². The lowest BCUT2D eigenvalue weighted by atomic mass is 10.1. The molecule has 0 saturated heterocycles. The number of rotatable bonds is 7. The van der Waals surface area contributed by atoms with Gasteiger partial charge >= 0.3 is 0 Å². The number of hydrogen-bond acceptors (Lipinski definition) is 5. The van der Waals surface area contributed by atoms with E-state index in [9.17, 15) is 21.6 Å². The monoisotopic (exact) mass is 486 g/mol. The van der Waals surface area contributed by atoms with E-state index >= 15 is 0 Å². The van der Waals surface area contributed by atoms with Gasteiger partial charge in [0.05, 0.1) is 21.5 Å². The van der Waals surface area contributed by atoms with E-state index < -0.39 is 31.8 Å². The number of aryl methyl sites for hydroxylation is 2. The van der Waals surface area contributed by atoms with Crippen LogP contribution in [0, 0.1) is 13.8 Å². The molecule has 0 aliphatic heterocycles. The molecule has 0 fully saturated rings. The summed E-state index contributed by atoms with van der Waals surface area (Å²) >= 11 is 0. The Labute approximate surface area is 194 Å². The molecule has 0 aromatic heterocycles. The second-order valence-electron chi connectivity index (χ2n) is 7.94. The fraction of sp³-hybridized carbons (Fsp3) is 0.208. The van der Waals surface area contributed by atoms with Crippen LogP contribution in [0.2, 0.25) is 0 Å². The number of amides is 1. The van der Waals surface area contributed by atoms with Gasteiger partial charge in [-0.15, -0.1) is 0 Å². The highest BCUT2D eigenvalue weighted by Crippen LogP contribution is 2.23. The highest BCUT2D eigenvalue weighted by Gasteiger charge is 2.21. The largest absolute Gasteiger partial charge is 0.346 e. The summed E-state index contributed by atoms with van der Waals surface area (Å²) in [6.07, 6.45) is 1.13. The van der Waals surface area contributed by atoms with Gasteiger partial charge in [0, 0.05) is 11.8 Å². The van der Waals surface area contributed by atoms with Crippen LogP contribution in [0.3, 0.4) is 0 Å². The second kappa shape index (κ2) is 9.36. The molecular formula is C24H26N2O5S2. The molecule has 9 heteroatoms. The Balaban J connectivity index is 1.82. The summed E-state index contributed by atoms with van der Waals surface area (Å²) in [5, 5.41) is 2.82. The van der Waals surface area contributed by atoms with Crippen molar-refractivity contribution in [3.63, 3.8) is 0 Å². The fourth-order valence-corrected chi connectivity index (χ4v) is 5.32. The molecule has 1 amide bonds. The van der Waals surface area contributed by atoms with Crippen molar-refractivity contribution in [2.24, 2.45) is 0 Å². The highest BCUT2D eigenvalue weighted by molar-refractivity contribution is 7.92. The number of benzene rings is 3. The van der Waals surface area contributed by atoms with Crippen molar-refractivity contribution >= 4 is 31.5 Å². The molecular weight excluding hydrogens is 460 g/mol. The molecule has 0 aliphatic carbocycles. The first-order chi connectivity index (χ1) is 15.4. The van der Waals surface area contributed by atoms with E-state index in [-0.39, 0.29) is 15.4 Å². The van der Waals surface area contributed by atoms with E-state index in [0.717, 1.165) is 17.4 Å². The second-order valence-corrected chi connectivity index (χ2v) is 11.6. The lowest BCUT2D eigenvalue weighted by molar-refractivity contribution is 0.0939. The Morgan fingerprint density at radius 1 is 0.848 bits per heavy atom. The van der Waals surface area contributed by atoms with Crippen molar-refractivity contribution < 1.29 is 21.6 Å². The van der Waals surface area contributed by atoms with Crippen molar-refractivity contribution in [3.05, 3.63) is 89.0 Å². The van der Waals surface area contributed by atoms with Crippen LogP contribution in [0.5, 0.6) is 0 Å². The predicted octanol–water partition coefficient (Wildman–Crippen LogP) is 4.00. The van der Waals surface area contributed by atoms with E-state index in [0.29, 0.717) is 11.3 Å². The van der Waals surface area contributed by atoms with E-state index in [1.807, 2.05) is 6.07 Å². The van der Waals surface area contributed by atoms with Gasteiger partial charge in [0.1, 0.15) is 0 Å². The van der Waals surface area contributed by atoms with Gasteiger partial charge in [-0.3, -0.25) is 9.52 Å². The summed E-state index contributed by atoms with van der Waals surface area (Å²) in [6.45, 7) is 5.23. The topological polar surface area (TPSA) is 109 Å². The molecule has 0 aliphatic rings. The Bertz CT molecular complexity index is 1400. The molecule has 0 saturated carbocycles. The zero-order valence-electron chi connectivity index (χ0n) is 18.8. The molecule has 174 valence electrons. The van der Waals surface area contributed by atoms with Gasteiger partial charge < -0.3 is 5.32 Å². The van der Waals surface area contributed by atoms with Crippen LogP contribution in [0.1, 0.15) is 40.0 Å². The fourth-order valence-electron chi connectivity index (χ4n) is 3.28. The number of sulfonamides is 1. The van der Waals surface area contributed by atoms with Crippen molar-refractivity contribution in [2.45, 2.75) is 36.6 Å². The molecule has 0 heterocycles. The SMILES string of the molecule is Cc1ccccc1NS(=O)(=O)c1cc(C(=O)N[C@H](C)c2ccc(S(C)(=O)=O)cc2)ccc1C. The average Bonchev–Trinajstić information content (AvgIpc) is 2.74. The quantitative estimate of drug-likeness (QED) is 0.525. The number of carbonyl (C=O) groups excluding carboxylic acids is 1. The third-order valence-corrected chi connectivity index (χ3v) is 7.92. The third kappa shape index (κ3) is 5.80. The molecule has 2 N–H and O–H groups in total. The lowest BCUT2D eigenvalue weighted by Gasteiger charge is -2.16. The summed E-state index contributed by atoms with van der Waals surface area (Å²) in [6, 6.07) is 17.4. The van der Waals surface area contributed by atoms with E-state index in [1.165, 1.54) is 18.2 Å². The maximum atomic E-state index is 13.0. The van der Waals surface area contributed by atoms with Gasteiger partial charge in [0.25, 0.3) is 15.9 Å².